The number of benzene rings is 1. The van der Waals surface area contributed by atoms with Gasteiger partial charge in [-0.3, -0.25) is 9.79 Å². The number of carbonyl (C=O) groups is 1. The van der Waals surface area contributed by atoms with Gasteiger partial charge in [0.1, 0.15) is 9.84 Å². The minimum Gasteiger partial charge on any atom is -0.372 e. The minimum atomic E-state index is -2.98. The van der Waals surface area contributed by atoms with Gasteiger partial charge < -0.3 is 20.3 Å². The van der Waals surface area contributed by atoms with Gasteiger partial charge in [-0.25, -0.2) is 8.42 Å². The van der Waals surface area contributed by atoms with Crippen molar-refractivity contribution in [2.75, 3.05) is 32.1 Å². The topological polar surface area (TPSA) is 100 Å². The maximum Gasteiger partial charge on any atom is 0.254 e. The van der Waals surface area contributed by atoms with E-state index in [1.54, 1.807) is 7.05 Å². The third-order valence-electron chi connectivity index (χ3n) is 4.90. The Morgan fingerprint density at radius 3 is 2.32 bits per heavy atom. The summed E-state index contributed by atoms with van der Waals surface area (Å²) < 4.78 is 28.3. The lowest BCUT2D eigenvalue weighted by atomic mass is 10.1. The van der Waals surface area contributed by atoms with Crippen LogP contribution < -0.4 is 10.6 Å². The molecule has 1 amide bonds. The van der Waals surface area contributed by atoms with Crippen molar-refractivity contribution in [1.82, 2.24) is 15.5 Å². The van der Waals surface area contributed by atoms with Crippen LogP contribution in [0.15, 0.2) is 29.3 Å². The SMILES string of the molecule is CN=C(NCc1ccc(C(=O)N2CC(C)OC(C)C2)cc1)NC(C)CCS(C)(=O)=O.I. The maximum absolute atomic E-state index is 12.8. The summed E-state index contributed by atoms with van der Waals surface area (Å²) in [7, 11) is -1.31. The molecule has 2 N–H and O–H groups in total. The van der Waals surface area contributed by atoms with Gasteiger partial charge >= 0.3 is 0 Å². The van der Waals surface area contributed by atoms with E-state index in [9.17, 15) is 13.2 Å². The molecule has 0 aromatic heterocycles. The second-order valence-corrected chi connectivity index (χ2v) is 10.3. The lowest BCUT2D eigenvalue weighted by molar-refractivity contribution is -0.0586. The number of amides is 1. The van der Waals surface area contributed by atoms with Gasteiger partial charge in [-0.05, 0) is 44.9 Å². The Morgan fingerprint density at radius 2 is 1.81 bits per heavy atom. The minimum absolute atomic E-state index is 0. The summed E-state index contributed by atoms with van der Waals surface area (Å²) in [4.78, 5) is 18.8. The highest BCUT2D eigenvalue weighted by Gasteiger charge is 2.26. The Kier molecular flexibility index (Phi) is 11.2. The number of hydrogen-bond acceptors (Lipinski definition) is 5. The predicted octanol–water partition coefficient (Wildman–Crippen LogP) is 2.04. The first-order chi connectivity index (χ1) is 14.1. The number of carbonyl (C=O) groups excluding carboxylic acids is 1. The van der Waals surface area contributed by atoms with E-state index in [2.05, 4.69) is 15.6 Å². The van der Waals surface area contributed by atoms with Crippen molar-refractivity contribution < 1.29 is 17.9 Å². The van der Waals surface area contributed by atoms with Crippen molar-refractivity contribution in [3.8, 4) is 0 Å². The average molecular weight is 567 g/mol. The predicted molar refractivity (Wildman–Crippen MR) is 135 cm³/mol. The molecule has 1 aromatic carbocycles. The molecule has 176 valence electrons. The second-order valence-electron chi connectivity index (χ2n) is 8.05. The Morgan fingerprint density at radius 1 is 1.23 bits per heavy atom. The number of guanidine groups is 1. The van der Waals surface area contributed by atoms with Gasteiger partial charge in [-0.1, -0.05) is 12.1 Å². The van der Waals surface area contributed by atoms with Crippen LogP contribution in [0.5, 0.6) is 0 Å². The van der Waals surface area contributed by atoms with E-state index < -0.39 is 9.84 Å². The molecule has 1 fully saturated rings. The Labute approximate surface area is 203 Å². The van der Waals surface area contributed by atoms with Crippen molar-refractivity contribution >= 4 is 45.7 Å². The smallest absolute Gasteiger partial charge is 0.254 e. The van der Waals surface area contributed by atoms with Crippen LogP contribution in [0.2, 0.25) is 0 Å². The molecule has 1 heterocycles. The first kappa shape index (κ1) is 27.6. The molecule has 8 nitrogen and oxygen atoms in total. The molecule has 0 saturated carbocycles. The summed E-state index contributed by atoms with van der Waals surface area (Å²) in [5.41, 5.74) is 1.68. The van der Waals surface area contributed by atoms with Crippen LogP contribution in [0.1, 0.15) is 43.1 Å². The lowest BCUT2D eigenvalue weighted by Gasteiger charge is -2.35. The molecular weight excluding hydrogens is 531 g/mol. The number of aliphatic imine (C=N–C) groups is 1. The fraction of sp³-hybridized carbons (Fsp3) is 0.619. The molecule has 0 bridgehead atoms. The highest BCUT2D eigenvalue weighted by Crippen LogP contribution is 2.15. The molecule has 3 atom stereocenters. The summed E-state index contributed by atoms with van der Waals surface area (Å²) in [6.45, 7) is 7.63. The van der Waals surface area contributed by atoms with Gasteiger partial charge in [-0.2, -0.15) is 0 Å². The van der Waals surface area contributed by atoms with Crippen LogP contribution >= 0.6 is 24.0 Å². The van der Waals surface area contributed by atoms with Crippen molar-refractivity contribution in [3.05, 3.63) is 35.4 Å². The van der Waals surface area contributed by atoms with E-state index >= 15 is 0 Å². The van der Waals surface area contributed by atoms with Crippen molar-refractivity contribution in [1.29, 1.82) is 0 Å². The van der Waals surface area contributed by atoms with Crippen molar-refractivity contribution in [2.24, 2.45) is 4.99 Å². The molecule has 0 radical (unpaired) electrons. The van der Waals surface area contributed by atoms with Crippen molar-refractivity contribution in [3.63, 3.8) is 0 Å². The molecule has 1 aliphatic heterocycles. The van der Waals surface area contributed by atoms with E-state index in [1.807, 2.05) is 49.9 Å². The monoisotopic (exact) mass is 566 g/mol. The Balaban J connectivity index is 0.00000480. The van der Waals surface area contributed by atoms with Crippen LogP contribution in [-0.4, -0.2) is 75.6 Å². The number of morpholine rings is 1. The summed E-state index contributed by atoms with van der Waals surface area (Å²) in [5, 5.41) is 6.41. The van der Waals surface area contributed by atoms with Crippen LogP contribution in [0.4, 0.5) is 0 Å². The number of halogens is 1. The molecule has 1 aromatic rings. The van der Waals surface area contributed by atoms with Gasteiger partial charge in [0.15, 0.2) is 5.96 Å². The van der Waals surface area contributed by atoms with Gasteiger partial charge in [0.05, 0.1) is 18.0 Å². The van der Waals surface area contributed by atoms with Crippen LogP contribution in [0.3, 0.4) is 0 Å². The molecule has 2 rings (SSSR count). The number of hydrogen-bond donors (Lipinski definition) is 2. The van der Waals surface area contributed by atoms with E-state index in [0.717, 1.165) is 5.56 Å². The molecule has 3 unspecified atom stereocenters. The fourth-order valence-electron chi connectivity index (χ4n) is 3.37. The van der Waals surface area contributed by atoms with Crippen LogP contribution in [0, 0.1) is 0 Å². The van der Waals surface area contributed by atoms with E-state index in [0.29, 0.717) is 37.6 Å². The molecule has 1 aliphatic rings. The molecule has 10 heteroatoms. The first-order valence-corrected chi connectivity index (χ1v) is 12.3. The number of nitrogens with zero attached hydrogens (tertiary/aromatic N) is 2. The fourth-order valence-corrected chi connectivity index (χ4v) is 4.15. The number of nitrogens with one attached hydrogen (secondary N) is 2. The van der Waals surface area contributed by atoms with E-state index in [4.69, 9.17) is 4.74 Å². The highest BCUT2D eigenvalue weighted by atomic mass is 127. The molecule has 1 saturated heterocycles. The summed E-state index contributed by atoms with van der Waals surface area (Å²) in [6.07, 6.45) is 1.83. The molecular formula is C21H35IN4O4S. The third-order valence-corrected chi connectivity index (χ3v) is 5.87. The van der Waals surface area contributed by atoms with E-state index in [1.165, 1.54) is 6.26 Å². The summed E-state index contributed by atoms with van der Waals surface area (Å²) >= 11 is 0. The van der Waals surface area contributed by atoms with Crippen molar-refractivity contribution in [2.45, 2.75) is 52.0 Å². The maximum atomic E-state index is 12.8. The summed E-state index contributed by atoms with van der Waals surface area (Å²) in [5.74, 6) is 0.759. The summed E-state index contributed by atoms with van der Waals surface area (Å²) in [6, 6.07) is 7.51. The zero-order chi connectivity index (χ0) is 22.3. The average Bonchev–Trinajstić information content (AvgIpc) is 2.68. The third kappa shape index (κ3) is 9.73. The molecule has 31 heavy (non-hydrogen) atoms. The first-order valence-electron chi connectivity index (χ1n) is 10.3. The van der Waals surface area contributed by atoms with Crippen LogP contribution in [-0.2, 0) is 21.1 Å². The number of rotatable bonds is 7. The van der Waals surface area contributed by atoms with E-state index in [-0.39, 0.29) is 53.9 Å². The zero-order valence-electron chi connectivity index (χ0n) is 18.9. The van der Waals surface area contributed by atoms with Gasteiger partial charge in [0.2, 0.25) is 0 Å². The second kappa shape index (κ2) is 12.6. The Hall–Kier alpha value is -1.40. The highest BCUT2D eigenvalue weighted by molar-refractivity contribution is 14.0. The zero-order valence-corrected chi connectivity index (χ0v) is 22.1. The standard InChI is InChI=1S/C21H34N4O4S.HI/c1-15(10-11-30(5,27)28)24-21(22-4)23-12-18-6-8-19(9-7-18)20(26)25-13-16(2)29-17(3)14-25;/h6-9,15-17H,10-14H2,1-5H3,(H2,22,23,24);1H. The number of sulfone groups is 1. The quantitative estimate of drug-likeness (QED) is 0.298. The number of ether oxygens (including phenoxy) is 1. The van der Waals surface area contributed by atoms with Crippen LogP contribution in [0.25, 0.3) is 0 Å². The Bertz CT molecular complexity index is 835. The van der Waals surface area contributed by atoms with Gasteiger partial charge in [0, 0.05) is 44.5 Å². The lowest BCUT2D eigenvalue weighted by Crippen LogP contribution is -2.48. The van der Waals surface area contributed by atoms with Gasteiger partial charge in [0.25, 0.3) is 5.91 Å². The molecule has 0 spiro atoms. The van der Waals surface area contributed by atoms with Gasteiger partial charge in [-0.15, -0.1) is 24.0 Å². The largest absolute Gasteiger partial charge is 0.372 e. The normalized spacial score (nSPS) is 20.5. The molecule has 0 aliphatic carbocycles.